The zero-order valence-corrected chi connectivity index (χ0v) is 11.9. The van der Waals surface area contributed by atoms with Gasteiger partial charge in [0.1, 0.15) is 5.82 Å². The van der Waals surface area contributed by atoms with Crippen LogP contribution in [-0.2, 0) is 0 Å². The fourth-order valence-corrected chi connectivity index (χ4v) is 2.39. The molecule has 0 amide bonds. The van der Waals surface area contributed by atoms with Crippen molar-refractivity contribution in [2.45, 2.75) is 39.2 Å². The van der Waals surface area contributed by atoms with Crippen molar-refractivity contribution in [2.24, 2.45) is 11.8 Å². The first-order valence-electron chi connectivity index (χ1n) is 5.96. The Labute approximate surface area is 111 Å². The molecule has 1 aromatic rings. The number of halogens is 2. The van der Waals surface area contributed by atoms with Gasteiger partial charge in [-0.2, -0.15) is 0 Å². The van der Waals surface area contributed by atoms with Gasteiger partial charge in [-0.15, -0.1) is 0 Å². The van der Waals surface area contributed by atoms with Crippen LogP contribution in [0.5, 0.6) is 0 Å². The first-order chi connectivity index (χ1) is 8.06. The van der Waals surface area contributed by atoms with Gasteiger partial charge in [0, 0.05) is 6.04 Å². The van der Waals surface area contributed by atoms with Crippen LogP contribution in [0, 0.1) is 11.7 Å². The lowest BCUT2D eigenvalue weighted by molar-refractivity contribution is 0.452. The van der Waals surface area contributed by atoms with Crippen LogP contribution >= 0.6 is 15.9 Å². The predicted molar refractivity (Wildman–Crippen MR) is 72.9 cm³/mol. The SMILES string of the molecule is CC(C)CCCC(NN)c1cccc(F)c1Br. The Morgan fingerprint density at radius 3 is 2.65 bits per heavy atom. The molecule has 1 unspecified atom stereocenters. The molecule has 3 N–H and O–H groups in total. The van der Waals surface area contributed by atoms with E-state index in [0.717, 1.165) is 24.8 Å². The number of hydrazine groups is 1. The lowest BCUT2D eigenvalue weighted by Crippen LogP contribution is -2.28. The van der Waals surface area contributed by atoms with Gasteiger partial charge in [0.2, 0.25) is 0 Å². The largest absolute Gasteiger partial charge is 0.271 e. The third-order valence-electron chi connectivity index (χ3n) is 2.83. The van der Waals surface area contributed by atoms with Crippen LogP contribution in [0.25, 0.3) is 0 Å². The van der Waals surface area contributed by atoms with E-state index in [4.69, 9.17) is 5.84 Å². The molecule has 2 nitrogen and oxygen atoms in total. The number of benzene rings is 1. The van der Waals surface area contributed by atoms with E-state index < -0.39 is 0 Å². The van der Waals surface area contributed by atoms with E-state index in [-0.39, 0.29) is 11.9 Å². The number of hydrogen-bond acceptors (Lipinski definition) is 2. The lowest BCUT2D eigenvalue weighted by Gasteiger charge is -2.18. The number of nitrogens with two attached hydrogens (primary N) is 1. The summed E-state index contributed by atoms with van der Waals surface area (Å²) in [4.78, 5) is 0. The van der Waals surface area contributed by atoms with Crippen molar-refractivity contribution in [2.75, 3.05) is 0 Å². The van der Waals surface area contributed by atoms with Crippen LogP contribution in [-0.4, -0.2) is 0 Å². The molecule has 0 heterocycles. The molecular weight excluding hydrogens is 283 g/mol. The van der Waals surface area contributed by atoms with Crippen molar-refractivity contribution in [1.29, 1.82) is 0 Å². The first-order valence-corrected chi connectivity index (χ1v) is 6.75. The van der Waals surface area contributed by atoms with E-state index in [1.54, 1.807) is 6.07 Å². The van der Waals surface area contributed by atoms with Crippen molar-refractivity contribution >= 4 is 15.9 Å². The second kappa shape index (κ2) is 7.09. The Bertz CT molecular complexity index is 355. The zero-order valence-electron chi connectivity index (χ0n) is 10.3. The molecule has 0 aliphatic carbocycles. The molecule has 4 heteroatoms. The minimum absolute atomic E-state index is 0.00109. The average molecular weight is 303 g/mol. The average Bonchev–Trinajstić information content (AvgIpc) is 2.28. The highest BCUT2D eigenvalue weighted by atomic mass is 79.9. The molecule has 0 bridgehead atoms. The zero-order chi connectivity index (χ0) is 12.8. The van der Waals surface area contributed by atoms with Gasteiger partial charge in [-0.25, -0.2) is 4.39 Å². The fraction of sp³-hybridized carbons (Fsp3) is 0.538. The Kier molecular flexibility index (Phi) is 6.09. The van der Waals surface area contributed by atoms with Crippen LogP contribution in [0.1, 0.15) is 44.7 Å². The van der Waals surface area contributed by atoms with Crippen molar-refractivity contribution in [3.8, 4) is 0 Å². The van der Waals surface area contributed by atoms with Gasteiger partial charge in [0.05, 0.1) is 4.47 Å². The summed E-state index contributed by atoms with van der Waals surface area (Å²) in [5.74, 6) is 5.99. The molecule has 0 saturated carbocycles. The van der Waals surface area contributed by atoms with Crippen LogP contribution < -0.4 is 11.3 Å². The molecule has 0 saturated heterocycles. The molecular formula is C13H20BrFN2. The molecule has 0 aliphatic rings. The highest BCUT2D eigenvalue weighted by molar-refractivity contribution is 9.10. The van der Waals surface area contributed by atoms with Crippen molar-refractivity contribution < 1.29 is 4.39 Å². The minimum atomic E-state index is -0.244. The van der Waals surface area contributed by atoms with E-state index in [1.165, 1.54) is 6.07 Å². The van der Waals surface area contributed by atoms with Gasteiger partial charge in [0.15, 0.2) is 0 Å². The van der Waals surface area contributed by atoms with E-state index >= 15 is 0 Å². The monoisotopic (exact) mass is 302 g/mol. The highest BCUT2D eigenvalue weighted by Gasteiger charge is 2.15. The van der Waals surface area contributed by atoms with E-state index in [2.05, 4.69) is 35.2 Å². The summed E-state index contributed by atoms with van der Waals surface area (Å²) < 4.78 is 13.9. The third-order valence-corrected chi connectivity index (χ3v) is 3.67. The standard InChI is InChI=1S/C13H20BrFN2/c1-9(2)5-3-8-12(17-16)10-6-4-7-11(15)13(10)14/h4,6-7,9,12,17H,3,5,8,16H2,1-2H3. The van der Waals surface area contributed by atoms with Crippen LogP contribution in [0.15, 0.2) is 22.7 Å². The molecule has 1 rings (SSSR count). The second-order valence-corrected chi connectivity index (χ2v) is 5.48. The summed E-state index contributed by atoms with van der Waals surface area (Å²) >= 11 is 3.27. The van der Waals surface area contributed by atoms with E-state index in [9.17, 15) is 4.39 Å². The van der Waals surface area contributed by atoms with Gasteiger partial charge < -0.3 is 0 Å². The van der Waals surface area contributed by atoms with Crippen molar-refractivity contribution in [3.63, 3.8) is 0 Å². The summed E-state index contributed by atoms with van der Waals surface area (Å²) in [7, 11) is 0. The van der Waals surface area contributed by atoms with Crippen LogP contribution in [0.4, 0.5) is 4.39 Å². The summed E-state index contributed by atoms with van der Waals surface area (Å²) in [6, 6.07) is 5.05. The maximum atomic E-state index is 13.4. The first kappa shape index (κ1) is 14.6. The molecule has 0 fully saturated rings. The maximum absolute atomic E-state index is 13.4. The lowest BCUT2D eigenvalue weighted by atomic mass is 9.98. The summed E-state index contributed by atoms with van der Waals surface area (Å²) in [6.45, 7) is 4.39. The highest BCUT2D eigenvalue weighted by Crippen LogP contribution is 2.28. The van der Waals surface area contributed by atoms with Crippen LogP contribution in [0.2, 0.25) is 0 Å². The van der Waals surface area contributed by atoms with Crippen LogP contribution in [0.3, 0.4) is 0 Å². The third kappa shape index (κ3) is 4.37. The molecule has 1 atom stereocenters. The van der Waals surface area contributed by atoms with Gasteiger partial charge in [-0.05, 0) is 39.9 Å². The molecule has 0 spiro atoms. The second-order valence-electron chi connectivity index (χ2n) is 4.69. The smallest absolute Gasteiger partial charge is 0.137 e. The molecule has 0 aliphatic heterocycles. The molecule has 96 valence electrons. The van der Waals surface area contributed by atoms with Gasteiger partial charge >= 0.3 is 0 Å². The Hall–Kier alpha value is -0.450. The Balaban J connectivity index is 2.69. The van der Waals surface area contributed by atoms with Gasteiger partial charge in [-0.1, -0.05) is 38.8 Å². The van der Waals surface area contributed by atoms with Crippen molar-refractivity contribution in [1.82, 2.24) is 5.43 Å². The Morgan fingerprint density at radius 1 is 1.35 bits per heavy atom. The number of hydrogen-bond donors (Lipinski definition) is 2. The quantitative estimate of drug-likeness (QED) is 0.617. The predicted octanol–water partition coefficient (Wildman–Crippen LogP) is 3.92. The molecule has 1 aromatic carbocycles. The molecule has 0 aromatic heterocycles. The maximum Gasteiger partial charge on any atom is 0.137 e. The summed E-state index contributed by atoms with van der Waals surface area (Å²) in [5, 5.41) is 0. The normalized spacial score (nSPS) is 13.1. The number of nitrogens with one attached hydrogen (secondary N) is 1. The summed E-state index contributed by atoms with van der Waals surface area (Å²) in [6.07, 6.45) is 3.15. The van der Waals surface area contributed by atoms with Crippen molar-refractivity contribution in [3.05, 3.63) is 34.1 Å². The minimum Gasteiger partial charge on any atom is -0.271 e. The molecule has 17 heavy (non-hydrogen) atoms. The molecule has 0 radical (unpaired) electrons. The Morgan fingerprint density at radius 2 is 2.06 bits per heavy atom. The fourth-order valence-electron chi connectivity index (χ4n) is 1.85. The van der Waals surface area contributed by atoms with E-state index in [0.29, 0.717) is 10.4 Å². The van der Waals surface area contributed by atoms with Gasteiger partial charge in [0.25, 0.3) is 0 Å². The topological polar surface area (TPSA) is 38.0 Å². The van der Waals surface area contributed by atoms with Gasteiger partial charge in [-0.3, -0.25) is 11.3 Å². The van der Waals surface area contributed by atoms with E-state index in [1.807, 2.05) is 6.07 Å². The summed E-state index contributed by atoms with van der Waals surface area (Å²) in [5.41, 5.74) is 3.65. The number of rotatable bonds is 6.